The van der Waals surface area contributed by atoms with Gasteiger partial charge in [-0.1, -0.05) is 58.9 Å². The molecule has 2 N–H and O–H groups in total. The molecule has 0 heterocycles. The number of hydrogen-bond acceptors (Lipinski definition) is 3. The number of benzene rings is 1. The van der Waals surface area contributed by atoms with Crippen molar-refractivity contribution in [3.63, 3.8) is 0 Å². The van der Waals surface area contributed by atoms with Gasteiger partial charge in [0.25, 0.3) is 0 Å². The maximum absolute atomic E-state index is 9.62. The van der Waals surface area contributed by atoms with Crippen molar-refractivity contribution >= 4 is 11.8 Å². The molecule has 2 nitrogen and oxygen atoms in total. The first-order valence-corrected chi connectivity index (χ1v) is 8.94. The minimum atomic E-state index is -0.263. The van der Waals surface area contributed by atoms with E-state index in [1.807, 2.05) is 18.7 Å². The van der Waals surface area contributed by atoms with Crippen LogP contribution >= 0.6 is 11.8 Å². The van der Waals surface area contributed by atoms with E-state index in [0.717, 1.165) is 12.3 Å². The van der Waals surface area contributed by atoms with E-state index in [0.29, 0.717) is 6.04 Å². The van der Waals surface area contributed by atoms with E-state index in [1.54, 1.807) is 0 Å². The van der Waals surface area contributed by atoms with Crippen LogP contribution in [0.4, 0.5) is 0 Å². The van der Waals surface area contributed by atoms with Crippen LogP contribution in [0.3, 0.4) is 0 Å². The van der Waals surface area contributed by atoms with Gasteiger partial charge in [-0.15, -0.1) is 0 Å². The highest BCUT2D eigenvalue weighted by atomic mass is 32.2. The van der Waals surface area contributed by atoms with E-state index in [-0.39, 0.29) is 16.8 Å². The van der Waals surface area contributed by atoms with Crippen LogP contribution in [0, 0.1) is 0 Å². The Hall–Kier alpha value is -0.510. The minimum absolute atomic E-state index is 0.196. The highest BCUT2D eigenvalue weighted by Gasteiger charge is 2.17. The Morgan fingerprint density at radius 2 is 1.71 bits per heavy atom. The summed E-state index contributed by atoms with van der Waals surface area (Å²) < 4.78 is 0. The quantitative estimate of drug-likeness (QED) is 0.794. The molecule has 0 bridgehead atoms. The Labute approximate surface area is 134 Å². The Morgan fingerprint density at radius 3 is 2.14 bits per heavy atom. The number of nitrogens with one attached hydrogen (secondary N) is 1. The van der Waals surface area contributed by atoms with Gasteiger partial charge in [0, 0.05) is 17.0 Å². The number of rotatable bonds is 7. The lowest BCUT2D eigenvalue weighted by atomic mass is 9.86. The predicted molar refractivity (Wildman–Crippen MR) is 95.2 cm³/mol. The molecule has 1 rings (SSSR count). The van der Waals surface area contributed by atoms with E-state index >= 15 is 0 Å². The van der Waals surface area contributed by atoms with Crippen molar-refractivity contribution in [1.82, 2.24) is 5.32 Å². The second-order valence-corrected chi connectivity index (χ2v) is 8.17. The summed E-state index contributed by atoms with van der Waals surface area (Å²) in [5, 5.41) is 13.4. The molecular formula is C18H31NOS. The summed E-state index contributed by atoms with van der Waals surface area (Å²) in [5.41, 5.74) is 2.89. The normalized spacial score (nSPS) is 16.5. The lowest BCUT2D eigenvalue weighted by Gasteiger charge is -2.23. The van der Waals surface area contributed by atoms with Crippen molar-refractivity contribution in [2.75, 3.05) is 12.3 Å². The second-order valence-electron chi connectivity index (χ2n) is 6.76. The fourth-order valence-electron chi connectivity index (χ4n) is 2.12. The van der Waals surface area contributed by atoms with Crippen molar-refractivity contribution < 1.29 is 5.11 Å². The van der Waals surface area contributed by atoms with Gasteiger partial charge in [0.05, 0.1) is 6.10 Å². The molecule has 1 aromatic carbocycles. The van der Waals surface area contributed by atoms with Gasteiger partial charge in [-0.3, -0.25) is 0 Å². The van der Waals surface area contributed by atoms with E-state index in [4.69, 9.17) is 0 Å². The summed E-state index contributed by atoms with van der Waals surface area (Å²) in [6, 6.07) is 9.30. The molecule has 0 aliphatic rings. The van der Waals surface area contributed by atoms with Crippen molar-refractivity contribution in [2.45, 2.75) is 64.4 Å². The molecule has 0 saturated heterocycles. The fraction of sp³-hybridized carbons (Fsp3) is 0.667. The SMILES string of the molecule is CCNC(CSC(C)C(C)O)c1ccc(C(C)(C)C)cc1. The van der Waals surface area contributed by atoms with Crippen LogP contribution < -0.4 is 5.32 Å². The zero-order valence-electron chi connectivity index (χ0n) is 14.3. The topological polar surface area (TPSA) is 32.3 Å². The highest BCUT2D eigenvalue weighted by molar-refractivity contribution is 7.99. The highest BCUT2D eigenvalue weighted by Crippen LogP contribution is 2.26. The molecule has 0 amide bonds. The van der Waals surface area contributed by atoms with Crippen LogP contribution in [-0.2, 0) is 5.41 Å². The Balaban J connectivity index is 2.76. The first kappa shape index (κ1) is 18.5. The fourth-order valence-corrected chi connectivity index (χ4v) is 3.21. The maximum Gasteiger partial charge on any atom is 0.0628 e. The minimum Gasteiger partial charge on any atom is -0.392 e. The van der Waals surface area contributed by atoms with Gasteiger partial charge in [-0.2, -0.15) is 11.8 Å². The Kier molecular flexibility index (Phi) is 7.25. The largest absolute Gasteiger partial charge is 0.392 e. The van der Waals surface area contributed by atoms with Gasteiger partial charge in [0.1, 0.15) is 0 Å². The van der Waals surface area contributed by atoms with Crippen LogP contribution in [-0.4, -0.2) is 28.8 Å². The van der Waals surface area contributed by atoms with E-state index in [2.05, 4.69) is 64.2 Å². The van der Waals surface area contributed by atoms with Crippen molar-refractivity contribution in [3.05, 3.63) is 35.4 Å². The number of thioether (sulfide) groups is 1. The van der Waals surface area contributed by atoms with E-state index < -0.39 is 0 Å². The Morgan fingerprint density at radius 1 is 1.14 bits per heavy atom. The molecule has 0 radical (unpaired) electrons. The molecule has 0 saturated carbocycles. The van der Waals surface area contributed by atoms with Gasteiger partial charge in [-0.05, 0) is 30.0 Å². The van der Waals surface area contributed by atoms with E-state index in [1.165, 1.54) is 11.1 Å². The molecular weight excluding hydrogens is 278 g/mol. The predicted octanol–water partition coefficient (Wildman–Crippen LogP) is 4.14. The van der Waals surface area contributed by atoms with Gasteiger partial charge < -0.3 is 10.4 Å². The van der Waals surface area contributed by atoms with Crippen LogP contribution in [0.2, 0.25) is 0 Å². The molecule has 3 atom stereocenters. The van der Waals surface area contributed by atoms with Crippen LogP contribution in [0.15, 0.2) is 24.3 Å². The third kappa shape index (κ3) is 6.01. The first-order valence-electron chi connectivity index (χ1n) is 7.89. The molecule has 3 heteroatoms. The van der Waals surface area contributed by atoms with Crippen LogP contribution in [0.1, 0.15) is 58.7 Å². The van der Waals surface area contributed by atoms with Gasteiger partial charge in [0.15, 0.2) is 0 Å². The summed E-state index contributed by atoms with van der Waals surface area (Å²) in [6.45, 7) is 13.8. The average molecular weight is 310 g/mol. The lowest BCUT2D eigenvalue weighted by Crippen LogP contribution is -2.25. The summed E-state index contributed by atoms with van der Waals surface area (Å²) in [4.78, 5) is 0. The molecule has 1 aromatic rings. The second kappa shape index (κ2) is 8.21. The third-order valence-electron chi connectivity index (χ3n) is 3.83. The molecule has 0 spiro atoms. The molecule has 0 aromatic heterocycles. The lowest BCUT2D eigenvalue weighted by molar-refractivity contribution is 0.196. The molecule has 3 unspecified atom stereocenters. The van der Waals surface area contributed by atoms with Crippen LogP contribution in [0.25, 0.3) is 0 Å². The summed E-state index contributed by atoms with van der Waals surface area (Å²) in [6.07, 6.45) is -0.263. The van der Waals surface area contributed by atoms with Crippen LogP contribution in [0.5, 0.6) is 0 Å². The van der Waals surface area contributed by atoms with Gasteiger partial charge in [0.2, 0.25) is 0 Å². The zero-order chi connectivity index (χ0) is 16.0. The third-order valence-corrected chi connectivity index (χ3v) is 5.28. The number of aliphatic hydroxyl groups excluding tert-OH is 1. The standard InChI is InChI=1S/C18H31NOS/c1-7-19-17(12-21-14(3)13(2)20)15-8-10-16(11-9-15)18(4,5)6/h8-11,13-14,17,19-20H,7,12H2,1-6H3. The molecule has 0 fully saturated rings. The average Bonchev–Trinajstić information content (AvgIpc) is 2.42. The monoisotopic (exact) mass is 309 g/mol. The molecule has 0 aliphatic carbocycles. The van der Waals surface area contributed by atoms with Gasteiger partial charge in [-0.25, -0.2) is 0 Å². The number of hydrogen-bond donors (Lipinski definition) is 2. The number of aliphatic hydroxyl groups is 1. The smallest absolute Gasteiger partial charge is 0.0628 e. The molecule has 120 valence electrons. The van der Waals surface area contributed by atoms with Crippen molar-refractivity contribution in [2.24, 2.45) is 0 Å². The Bertz CT molecular complexity index is 408. The summed E-state index contributed by atoms with van der Waals surface area (Å²) >= 11 is 1.82. The maximum atomic E-state index is 9.62. The van der Waals surface area contributed by atoms with E-state index in [9.17, 15) is 5.11 Å². The summed E-state index contributed by atoms with van der Waals surface area (Å²) in [7, 11) is 0. The first-order chi connectivity index (χ1) is 9.75. The zero-order valence-corrected chi connectivity index (χ0v) is 15.1. The summed E-state index contributed by atoms with van der Waals surface area (Å²) in [5.74, 6) is 0.981. The van der Waals surface area contributed by atoms with Crippen molar-refractivity contribution in [3.8, 4) is 0 Å². The van der Waals surface area contributed by atoms with Gasteiger partial charge >= 0.3 is 0 Å². The van der Waals surface area contributed by atoms with Crippen molar-refractivity contribution in [1.29, 1.82) is 0 Å². The molecule has 0 aliphatic heterocycles. The molecule has 21 heavy (non-hydrogen) atoms.